The van der Waals surface area contributed by atoms with Crippen LogP contribution in [-0.2, 0) is 39.1 Å². The van der Waals surface area contributed by atoms with Gasteiger partial charge in [0.05, 0.1) is 6.61 Å². The van der Waals surface area contributed by atoms with E-state index in [2.05, 4.69) is 113 Å². The van der Waals surface area contributed by atoms with E-state index in [0.29, 0.717) is 0 Å². The summed E-state index contributed by atoms with van der Waals surface area (Å²) in [5.41, 5.74) is 11.4. The van der Waals surface area contributed by atoms with Gasteiger partial charge in [0.1, 0.15) is 0 Å². The van der Waals surface area contributed by atoms with E-state index in [0.717, 1.165) is 37.1 Å². The molecule has 0 unspecified atom stereocenters. The molecule has 4 N–H and O–H groups in total. The molecule has 0 aliphatic carbocycles. The molecule has 0 aromatic heterocycles. The zero-order valence-corrected chi connectivity index (χ0v) is 40.7. The van der Waals surface area contributed by atoms with E-state index in [1.165, 1.54) is 73.5 Å². The van der Waals surface area contributed by atoms with Gasteiger partial charge in [-0.25, -0.2) is 0 Å². The third kappa shape index (κ3) is 18.2. The number of hydrogen-bond donors (Lipinski definition) is 4. The summed E-state index contributed by atoms with van der Waals surface area (Å²) in [6, 6.07) is 30.4. The molecule has 0 saturated carbocycles. The van der Waals surface area contributed by atoms with Crippen LogP contribution in [0.5, 0.6) is 0 Å². The van der Waals surface area contributed by atoms with Gasteiger partial charge in [-0.3, -0.25) is 10.5 Å². The van der Waals surface area contributed by atoms with Gasteiger partial charge in [0, 0.05) is 6.54 Å². The number of aliphatic hydroxyl groups excluding tert-OH is 2. The van der Waals surface area contributed by atoms with Crippen molar-refractivity contribution in [3.63, 3.8) is 0 Å². The first-order chi connectivity index (χ1) is 24.2. The fourth-order valence-corrected chi connectivity index (χ4v) is 16.7. The largest absolute Gasteiger partial charge is 1.00 e. The molecule has 6 nitrogen and oxygen atoms in total. The van der Waals surface area contributed by atoms with Crippen molar-refractivity contribution >= 4 is 23.3 Å². The first kappa shape index (κ1) is 51.2. The number of nitrogens with zero attached hydrogens (tertiary/aromatic N) is 2. The first-order valence-electron chi connectivity index (χ1n) is 18.2. The van der Waals surface area contributed by atoms with Crippen LogP contribution >= 0.6 is 0 Å². The second-order valence-electron chi connectivity index (χ2n) is 14.0. The van der Waals surface area contributed by atoms with Crippen LogP contribution in [0, 0.1) is 6.92 Å². The van der Waals surface area contributed by atoms with Gasteiger partial charge in [-0.05, 0) is 49.7 Å². The van der Waals surface area contributed by atoms with Crippen LogP contribution in [-0.4, -0.2) is 78.5 Å². The van der Waals surface area contributed by atoms with E-state index in [4.69, 9.17) is 10.5 Å². The minimum atomic E-state index is -1.68. The van der Waals surface area contributed by atoms with Crippen molar-refractivity contribution in [3.05, 3.63) is 135 Å². The minimum Gasteiger partial charge on any atom is -1.00 e. The van der Waals surface area contributed by atoms with Gasteiger partial charge in [-0.2, -0.15) is 0 Å². The predicted octanol–water partition coefficient (Wildman–Crippen LogP) is 2.03. The normalized spacial score (nSPS) is 10.6. The third-order valence-corrected chi connectivity index (χ3v) is 19.2. The molecule has 4 aromatic rings. The molecule has 0 amide bonds. The van der Waals surface area contributed by atoms with E-state index in [1.807, 2.05) is 30.3 Å². The Morgan fingerprint density at radius 2 is 0.923 bits per heavy atom. The Kier molecular flexibility index (Phi) is 29.0. The van der Waals surface area contributed by atoms with Crippen LogP contribution in [0.25, 0.3) is 0 Å². The SMILES string of the molecule is CCC[CH2][SnH]([CH2]CCC)[c]1ccc(Cc2ccccc2CO)c(CN(C)C)c1.Cc1ccc(Cc2ccccc2CO)c(CN(C)C)c1.OO.[125I-].[Na+]. The number of aryl methyl sites for hydroxylation is 1. The van der Waals surface area contributed by atoms with E-state index >= 15 is 0 Å². The molecule has 4 aromatic carbocycles. The summed E-state index contributed by atoms with van der Waals surface area (Å²) in [5.74, 6) is 0. The van der Waals surface area contributed by atoms with Crippen molar-refractivity contribution < 1.29 is 74.3 Å². The molecular formula is C43H64IN2NaO4Sn. The number of unbranched alkanes of at least 4 members (excludes halogenated alkanes) is 2. The number of benzene rings is 4. The molecule has 282 valence electrons. The summed E-state index contributed by atoms with van der Waals surface area (Å²) in [7, 11) is 8.50. The Morgan fingerprint density at radius 3 is 1.33 bits per heavy atom. The molecular weight excluding hydrogens is 875 g/mol. The Morgan fingerprint density at radius 1 is 0.538 bits per heavy atom. The zero-order valence-electron chi connectivity index (χ0n) is 33.2. The predicted molar refractivity (Wildman–Crippen MR) is 214 cm³/mol. The second-order valence-corrected chi connectivity index (χ2v) is 23.1. The quantitative estimate of drug-likeness (QED) is 0.0562. The molecule has 0 aliphatic rings. The molecule has 0 radical (unpaired) electrons. The minimum absolute atomic E-state index is 0. The monoisotopic (exact) mass is 940 g/mol. The van der Waals surface area contributed by atoms with Crippen LogP contribution in [0.2, 0.25) is 8.87 Å². The van der Waals surface area contributed by atoms with Crippen LogP contribution in [0.3, 0.4) is 0 Å². The summed E-state index contributed by atoms with van der Waals surface area (Å²) in [5, 5.41) is 31.1. The summed E-state index contributed by atoms with van der Waals surface area (Å²) >= 11 is -1.68. The Bertz CT molecular complexity index is 1530. The maximum absolute atomic E-state index is 9.69. The Labute approximate surface area is 361 Å². The van der Waals surface area contributed by atoms with E-state index < -0.39 is 19.8 Å². The van der Waals surface area contributed by atoms with E-state index in [-0.39, 0.29) is 66.7 Å². The summed E-state index contributed by atoms with van der Waals surface area (Å²) in [6.45, 7) is 8.92. The molecule has 0 aliphatic heterocycles. The topological polar surface area (TPSA) is 87.4 Å². The van der Waals surface area contributed by atoms with Crippen LogP contribution in [0.4, 0.5) is 0 Å². The average Bonchev–Trinajstić information content (AvgIpc) is 3.11. The summed E-state index contributed by atoms with van der Waals surface area (Å²) in [4.78, 5) is 4.47. The van der Waals surface area contributed by atoms with E-state index in [9.17, 15) is 10.2 Å². The van der Waals surface area contributed by atoms with E-state index in [1.54, 1.807) is 3.58 Å². The molecule has 0 saturated heterocycles. The van der Waals surface area contributed by atoms with Gasteiger partial charge >= 0.3 is 210 Å². The molecule has 4 rings (SSSR count). The number of hydrogen-bond acceptors (Lipinski definition) is 6. The Hall–Kier alpha value is -0.831. The van der Waals surface area contributed by atoms with Crippen LogP contribution < -0.4 is 57.1 Å². The maximum Gasteiger partial charge on any atom is 1.00 e. The number of rotatable bonds is 17. The summed E-state index contributed by atoms with van der Waals surface area (Å²) in [6.07, 6.45) is 7.23. The van der Waals surface area contributed by atoms with Crippen LogP contribution in [0.15, 0.2) is 84.9 Å². The zero-order chi connectivity index (χ0) is 36.9. The molecule has 0 spiro atoms. The van der Waals surface area contributed by atoms with Crippen molar-refractivity contribution in [2.75, 3.05) is 28.2 Å². The standard InChI is InChI=1S/C18H23NO.C17H20NO.2C4H9.HI.Na.H2O2.Sn.H/c1-14-8-9-16(18(10-14)12-19(2)3)11-15-6-4-5-7-17(15)13-20;1-18(2)12-16-9-5-3-7-14(16)11-15-8-4-6-10-17(15)13-19;2*1-3-4-2;;;1-2;;/h4-10,20H,11-13H2,1-3H3;3-4,6-10,19H,11-13H2,1-2H3;2*1,3-4H2,2H3;1H;;1-2H;;/q;;;;;+1;;;/p-1/i;;;;1-2;;;;. The van der Waals surface area contributed by atoms with Crippen LogP contribution in [0.1, 0.15) is 89.6 Å². The number of aliphatic hydroxyl groups is 2. The molecule has 52 heavy (non-hydrogen) atoms. The molecule has 9 heteroatoms. The third-order valence-electron chi connectivity index (χ3n) is 9.19. The summed E-state index contributed by atoms with van der Waals surface area (Å²) < 4.78 is 4.73. The molecule has 0 atom stereocenters. The van der Waals surface area contributed by atoms with Gasteiger partial charge in [0.25, 0.3) is 0 Å². The van der Waals surface area contributed by atoms with Crippen molar-refractivity contribution in [2.24, 2.45) is 0 Å². The van der Waals surface area contributed by atoms with Crippen molar-refractivity contribution in [1.29, 1.82) is 0 Å². The maximum atomic E-state index is 9.69. The number of halogens is 1. The van der Waals surface area contributed by atoms with Crippen molar-refractivity contribution in [3.8, 4) is 0 Å². The van der Waals surface area contributed by atoms with Gasteiger partial charge in [-0.15, -0.1) is 0 Å². The van der Waals surface area contributed by atoms with Gasteiger partial charge in [-0.1, -0.05) is 48.0 Å². The molecule has 0 fully saturated rings. The molecule has 0 heterocycles. The smallest absolute Gasteiger partial charge is 1.00 e. The fourth-order valence-electron chi connectivity index (χ4n) is 6.53. The van der Waals surface area contributed by atoms with Gasteiger partial charge < -0.3 is 34.0 Å². The van der Waals surface area contributed by atoms with Gasteiger partial charge in [0.15, 0.2) is 0 Å². The second kappa shape index (κ2) is 29.5. The van der Waals surface area contributed by atoms with Gasteiger partial charge in [0.2, 0.25) is 0 Å². The fraction of sp³-hybridized carbons (Fsp3) is 0.442. The Balaban J connectivity index is 0.000000961. The van der Waals surface area contributed by atoms with Crippen molar-refractivity contribution in [1.82, 2.24) is 9.80 Å². The first-order valence-corrected chi connectivity index (χ1v) is 24.5. The molecule has 0 bridgehead atoms. The average molecular weight is 940 g/mol. The van der Waals surface area contributed by atoms with Crippen molar-refractivity contribution in [2.45, 2.75) is 94.5 Å².